The van der Waals surface area contributed by atoms with Crippen LogP contribution in [-0.4, -0.2) is 32.5 Å². The maximum absolute atomic E-state index is 12.2. The Morgan fingerprint density at radius 1 is 1.32 bits per heavy atom. The predicted octanol–water partition coefficient (Wildman–Crippen LogP) is 1.74. The number of hydrogen-bond acceptors (Lipinski definition) is 4. The number of benzene rings is 1. The summed E-state index contributed by atoms with van der Waals surface area (Å²) in [5.41, 5.74) is 0.0470. The standard InChI is InChI=1S/C13H17NO4S/c1-13(2)11(9-10-7-5-4-6-8-10)19(15,16)14-12(17-3)18-13/h4-8,11H,9H2,1-3H3. The topological polar surface area (TPSA) is 65.0 Å². The quantitative estimate of drug-likeness (QED) is 0.829. The van der Waals surface area contributed by atoms with Crippen molar-refractivity contribution in [1.29, 1.82) is 0 Å². The molecule has 1 aromatic carbocycles. The minimum atomic E-state index is -3.65. The molecular formula is C13H17NO4S. The molecule has 19 heavy (non-hydrogen) atoms. The summed E-state index contributed by atoms with van der Waals surface area (Å²) >= 11 is 0. The smallest absolute Gasteiger partial charge is 0.399 e. The fraction of sp³-hybridized carbons (Fsp3) is 0.462. The van der Waals surface area contributed by atoms with E-state index in [0.717, 1.165) is 5.56 Å². The normalized spacial score (nSPS) is 24.2. The summed E-state index contributed by atoms with van der Waals surface area (Å²) < 4.78 is 38.3. The summed E-state index contributed by atoms with van der Waals surface area (Å²) in [6, 6.07) is 9.43. The first-order chi connectivity index (χ1) is 8.85. The molecular weight excluding hydrogens is 266 g/mol. The van der Waals surface area contributed by atoms with Gasteiger partial charge in [-0.25, -0.2) is 8.42 Å². The van der Waals surface area contributed by atoms with Gasteiger partial charge >= 0.3 is 6.08 Å². The second kappa shape index (κ2) is 4.85. The maximum atomic E-state index is 12.2. The second-order valence-corrected chi connectivity index (χ2v) is 6.74. The van der Waals surface area contributed by atoms with E-state index in [4.69, 9.17) is 9.47 Å². The van der Waals surface area contributed by atoms with Gasteiger partial charge in [0, 0.05) is 0 Å². The number of rotatable bonds is 2. The number of methoxy groups -OCH3 is 1. The molecule has 0 bridgehead atoms. The first kappa shape index (κ1) is 13.9. The molecule has 1 unspecified atom stereocenters. The van der Waals surface area contributed by atoms with Gasteiger partial charge in [-0.15, -0.1) is 0 Å². The molecule has 1 heterocycles. The van der Waals surface area contributed by atoms with E-state index < -0.39 is 20.9 Å². The molecule has 0 radical (unpaired) electrons. The molecule has 104 valence electrons. The van der Waals surface area contributed by atoms with Gasteiger partial charge in [-0.05, 0) is 25.8 Å². The molecule has 1 aliphatic rings. The molecule has 2 rings (SSSR count). The fourth-order valence-electron chi connectivity index (χ4n) is 2.09. The third-order valence-corrected chi connectivity index (χ3v) is 4.98. The zero-order chi connectivity index (χ0) is 14.1. The summed E-state index contributed by atoms with van der Waals surface area (Å²) in [6.07, 6.45) is 0.158. The van der Waals surface area contributed by atoms with E-state index in [1.807, 2.05) is 30.3 Å². The molecule has 5 nitrogen and oxygen atoms in total. The van der Waals surface area contributed by atoms with E-state index in [2.05, 4.69) is 4.40 Å². The van der Waals surface area contributed by atoms with Crippen LogP contribution in [0, 0.1) is 0 Å². The van der Waals surface area contributed by atoms with Crippen LogP contribution in [0.15, 0.2) is 34.7 Å². The zero-order valence-corrected chi connectivity index (χ0v) is 12.0. The number of hydrogen-bond donors (Lipinski definition) is 0. The third kappa shape index (κ3) is 2.89. The van der Waals surface area contributed by atoms with Crippen molar-refractivity contribution >= 4 is 16.1 Å². The van der Waals surface area contributed by atoms with E-state index in [1.165, 1.54) is 7.11 Å². The lowest BCUT2D eigenvalue weighted by molar-refractivity contribution is 0.0445. The average molecular weight is 283 g/mol. The van der Waals surface area contributed by atoms with E-state index in [1.54, 1.807) is 13.8 Å². The van der Waals surface area contributed by atoms with Crippen molar-refractivity contribution in [2.75, 3.05) is 7.11 Å². The Hall–Kier alpha value is -1.56. The highest BCUT2D eigenvalue weighted by Crippen LogP contribution is 2.30. The van der Waals surface area contributed by atoms with Gasteiger partial charge in [0.25, 0.3) is 10.0 Å². The Morgan fingerprint density at radius 3 is 2.47 bits per heavy atom. The van der Waals surface area contributed by atoms with Crippen LogP contribution in [0.3, 0.4) is 0 Å². The van der Waals surface area contributed by atoms with Crippen molar-refractivity contribution in [3.05, 3.63) is 35.9 Å². The summed E-state index contributed by atoms with van der Waals surface area (Å²) in [5, 5.41) is -0.735. The fourth-order valence-corrected chi connectivity index (χ4v) is 3.71. The van der Waals surface area contributed by atoms with Crippen LogP contribution in [0.25, 0.3) is 0 Å². The summed E-state index contributed by atoms with van der Waals surface area (Å²) in [4.78, 5) is 0. The van der Waals surface area contributed by atoms with Gasteiger partial charge in [0.15, 0.2) is 0 Å². The molecule has 0 spiro atoms. The van der Waals surface area contributed by atoms with Gasteiger partial charge in [0.2, 0.25) is 0 Å². The summed E-state index contributed by atoms with van der Waals surface area (Å²) in [5.74, 6) is 0. The molecule has 6 heteroatoms. The lowest BCUT2D eigenvalue weighted by Crippen LogP contribution is -2.50. The minimum Gasteiger partial charge on any atom is -0.453 e. The van der Waals surface area contributed by atoms with Crippen LogP contribution < -0.4 is 0 Å². The highest BCUT2D eigenvalue weighted by molar-refractivity contribution is 7.91. The van der Waals surface area contributed by atoms with Crippen LogP contribution in [0.1, 0.15) is 19.4 Å². The SMILES string of the molecule is COC1=NS(=O)(=O)C(Cc2ccccc2)C(C)(C)O1. The van der Waals surface area contributed by atoms with Crippen LogP contribution in [0.2, 0.25) is 0 Å². The third-order valence-electron chi connectivity index (χ3n) is 3.13. The Bertz CT molecular complexity index is 578. The van der Waals surface area contributed by atoms with Gasteiger partial charge in [-0.3, -0.25) is 0 Å². The van der Waals surface area contributed by atoms with Crippen LogP contribution >= 0.6 is 0 Å². The molecule has 0 aromatic heterocycles. The molecule has 0 aliphatic carbocycles. The zero-order valence-electron chi connectivity index (χ0n) is 11.2. The van der Waals surface area contributed by atoms with Gasteiger partial charge in [-0.1, -0.05) is 34.7 Å². The summed E-state index contributed by atoms with van der Waals surface area (Å²) in [7, 11) is -2.32. The van der Waals surface area contributed by atoms with Crippen molar-refractivity contribution in [2.24, 2.45) is 4.40 Å². The Morgan fingerprint density at radius 2 is 1.95 bits per heavy atom. The molecule has 1 aromatic rings. The predicted molar refractivity (Wildman–Crippen MR) is 72.5 cm³/mol. The van der Waals surface area contributed by atoms with Crippen molar-refractivity contribution < 1.29 is 17.9 Å². The highest BCUT2D eigenvalue weighted by Gasteiger charge is 2.46. The van der Waals surface area contributed by atoms with E-state index in [0.29, 0.717) is 6.42 Å². The van der Waals surface area contributed by atoms with Gasteiger partial charge < -0.3 is 9.47 Å². The molecule has 0 saturated heterocycles. The summed E-state index contributed by atoms with van der Waals surface area (Å²) in [6.45, 7) is 3.46. The van der Waals surface area contributed by atoms with Gasteiger partial charge in [0.05, 0.1) is 7.11 Å². The van der Waals surface area contributed by atoms with Crippen molar-refractivity contribution in [2.45, 2.75) is 31.1 Å². The molecule has 1 aliphatic heterocycles. The molecule has 0 amide bonds. The van der Waals surface area contributed by atoms with Crippen molar-refractivity contribution in [3.63, 3.8) is 0 Å². The number of sulfonamides is 1. The molecule has 0 fully saturated rings. The van der Waals surface area contributed by atoms with Crippen molar-refractivity contribution in [1.82, 2.24) is 0 Å². The minimum absolute atomic E-state index is 0.200. The van der Waals surface area contributed by atoms with Crippen molar-refractivity contribution in [3.8, 4) is 0 Å². The second-order valence-electron chi connectivity index (χ2n) is 4.96. The lowest BCUT2D eigenvalue weighted by Gasteiger charge is -2.35. The average Bonchev–Trinajstić information content (AvgIpc) is 2.34. The first-order valence-corrected chi connectivity index (χ1v) is 7.46. The van der Waals surface area contributed by atoms with Crippen LogP contribution in [-0.2, 0) is 25.9 Å². The number of ether oxygens (including phenoxy) is 2. The monoisotopic (exact) mass is 283 g/mol. The van der Waals surface area contributed by atoms with Gasteiger partial charge in [0.1, 0.15) is 10.9 Å². The highest BCUT2D eigenvalue weighted by atomic mass is 32.2. The van der Waals surface area contributed by atoms with E-state index >= 15 is 0 Å². The Kier molecular flexibility index (Phi) is 3.54. The molecule has 0 N–H and O–H groups in total. The Labute approximate surface area is 113 Å². The molecule has 1 atom stereocenters. The lowest BCUT2D eigenvalue weighted by atomic mass is 9.98. The van der Waals surface area contributed by atoms with E-state index in [9.17, 15) is 8.42 Å². The van der Waals surface area contributed by atoms with Crippen LogP contribution in [0.5, 0.6) is 0 Å². The number of nitrogens with zero attached hydrogens (tertiary/aromatic N) is 1. The largest absolute Gasteiger partial charge is 0.453 e. The molecule has 0 saturated carbocycles. The van der Waals surface area contributed by atoms with Crippen LogP contribution in [0.4, 0.5) is 0 Å². The van der Waals surface area contributed by atoms with E-state index in [-0.39, 0.29) is 6.08 Å². The first-order valence-electron chi connectivity index (χ1n) is 5.96. The Balaban J connectivity index is 2.36. The van der Waals surface area contributed by atoms with Gasteiger partial charge in [-0.2, -0.15) is 0 Å². The maximum Gasteiger partial charge on any atom is 0.399 e.